The predicted octanol–water partition coefficient (Wildman–Crippen LogP) is 2.96. The van der Waals surface area contributed by atoms with E-state index >= 15 is 0 Å². The third-order valence-electron chi connectivity index (χ3n) is 4.82. The van der Waals surface area contributed by atoms with E-state index in [1.165, 1.54) is 28.6 Å². The van der Waals surface area contributed by atoms with Crippen LogP contribution in [-0.2, 0) is 10.0 Å². The van der Waals surface area contributed by atoms with Crippen molar-refractivity contribution in [3.63, 3.8) is 0 Å². The maximum atomic E-state index is 13.0. The van der Waals surface area contributed by atoms with E-state index in [1.807, 2.05) is 24.3 Å². The Morgan fingerprint density at radius 3 is 2.59 bits per heavy atom. The molecule has 0 saturated carbocycles. The van der Waals surface area contributed by atoms with Crippen molar-refractivity contribution in [3.05, 3.63) is 59.1 Å². The van der Waals surface area contributed by atoms with Crippen LogP contribution in [0, 0.1) is 0 Å². The van der Waals surface area contributed by atoms with Gasteiger partial charge in [0.25, 0.3) is 0 Å². The van der Waals surface area contributed by atoms with Gasteiger partial charge in [0.15, 0.2) is 0 Å². The lowest BCUT2D eigenvalue weighted by Crippen LogP contribution is -2.39. The van der Waals surface area contributed by atoms with Gasteiger partial charge in [-0.15, -0.1) is 11.3 Å². The number of para-hydroxylation sites is 1. The number of hydrogen-bond acceptors (Lipinski definition) is 5. The minimum absolute atomic E-state index is 0.0933. The Bertz CT molecular complexity index is 1060. The molecule has 2 aromatic carbocycles. The van der Waals surface area contributed by atoms with Crippen molar-refractivity contribution in [2.45, 2.75) is 23.7 Å². The fourth-order valence-corrected chi connectivity index (χ4v) is 5.98. The highest BCUT2D eigenvalue weighted by Crippen LogP contribution is 2.34. The Morgan fingerprint density at radius 2 is 1.89 bits per heavy atom. The topological polar surface area (TPSA) is 93.4 Å². The van der Waals surface area contributed by atoms with E-state index in [-0.39, 0.29) is 10.8 Å². The summed E-state index contributed by atoms with van der Waals surface area (Å²) in [5, 5.41) is 0.986. The van der Waals surface area contributed by atoms with Crippen LogP contribution >= 0.6 is 11.3 Å². The van der Waals surface area contributed by atoms with Crippen LogP contribution in [0.4, 0.5) is 0 Å². The average molecular weight is 402 g/mol. The molecule has 0 aliphatic carbocycles. The average Bonchev–Trinajstić information content (AvgIpc) is 3.12. The molecule has 1 fully saturated rings. The standard InChI is InChI=1S/C19H19N3O3S2/c20-18(23)13-7-9-15(10-8-13)27(24,25)22-11-3-4-14(12-22)19-21-16-5-1-2-6-17(16)26-19/h1-2,5-10,14H,3-4,11-12H2,(H2,20,23). The Morgan fingerprint density at radius 1 is 1.15 bits per heavy atom. The SMILES string of the molecule is NC(=O)c1ccc(S(=O)(=O)N2CCCC(c3nc4ccccc4s3)C2)cc1. The van der Waals surface area contributed by atoms with E-state index in [0.29, 0.717) is 18.7 Å². The molecule has 0 spiro atoms. The van der Waals surface area contributed by atoms with Crippen LogP contribution in [0.1, 0.15) is 34.1 Å². The van der Waals surface area contributed by atoms with Crippen molar-refractivity contribution < 1.29 is 13.2 Å². The summed E-state index contributed by atoms with van der Waals surface area (Å²) in [6.07, 6.45) is 1.71. The zero-order valence-electron chi connectivity index (χ0n) is 14.5. The summed E-state index contributed by atoms with van der Waals surface area (Å²) in [6, 6.07) is 13.7. The number of aromatic nitrogens is 1. The number of rotatable bonds is 4. The minimum Gasteiger partial charge on any atom is -0.366 e. The van der Waals surface area contributed by atoms with Gasteiger partial charge in [-0.1, -0.05) is 12.1 Å². The lowest BCUT2D eigenvalue weighted by molar-refractivity contribution is 0.1000. The lowest BCUT2D eigenvalue weighted by atomic mass is 10.0. The summed E-state index contributed by atoms with van der Waals surface area (Å²) in [6.45, 7) is 0.904. The number of benzene rings is 2. The van der Waals surface area contributed by atoms with Gasteiger partial charge in [-0.05, 0) is 49.2 Å². The van der Waals surface area contributed by atoms with Crippen molar-refractivity contribution in [2.24, 2.45) is 5.73 Å². The number of thiazole rings is 1. The first-order valence-corrected chi connectivity index (χ1v) is 11.0. The van der Waals surface area contributed by atoms with E-state index in [9.17, 15) is 13.2 Å². The number of piperidine rings is 1. The van der Waals surface area contributed by atoms with Gasteiger partial charge < -0.3 is 5.73 Å². The highest BCUT2D eigenvalue weighted by molar-refractivity contribution is 7.89. The molecule has 1 atom stereocenters. The molecule has 1 aliphatic heterocycles. The molecule has 0 radical (unpaired) electrons. The van der Waals surface area contributed by atoms with Gasteiger partial charge in [0, 0.05) is 24.6 Å². The van der Waals surface area contributed by atoms with Gasteiger partial charge in [-0.3, -0.25) is 4.79 Å². The first-order chi connectivity index (χ1) is 12.9. The summed E-state index contributed by atoms with van der Waals surface area (Å²) in [5.74, 6) is -0.483. The second-order valence-corrected chi connectivity index (χ2v) is 9.61. The number of nitrogens with two attached hydrogens (primary N) is 1. The summed E-state index contributed by atoms with van der Waals surface area (Å²) in [5.41, 5.74) is 6.48. The second-order valence-electron chi connectivity index (χ2n) is 6.61. The molecule has 8 heteroatoms. The molecule has 2 heterocycles. The molecule has 1 aromatic heterocycles. The number of hydrogen-bond donors (Lipinski definition) is 1. The van der Waals surface area contributed by atoms with Gasteiger partial charge in [0.05, 0.1) is 20.1 Å². The van der Waals surface area contributed by atoms with Crippen molar-refractivity contribution in [2.75, 3.05) is 13.1 Å². The zero-order valence-corrected chi connectivity index (χ0v) is 16.2. The smallest absolute Gasteiger partial charge is 0.248 e. The fraction of sp³-hybridized carbons (Fsp3) is 0.263. The normalized spacial score (nSPS) is 18.6. The van der Waals surface area contributed by atoms with Crippen LogP contribution in [0.3, 0.4) is 0 Å². The molecular weight excluding hydrogens is 382 g/mol. The van der Waals surface area contributed by atoms with E-state index < -0.39 is 15.9 Å². The van der Waals surface area contributed by atoms with Crippen LogP contribution in [0.5, 0.6) is 0 Å². The number of amides is 1. The molecule has 1 aliphatic rings. The second kappa shape index (κ2) is 7.03. The molecule has 27 heavy (non-hydrogen) atoms. The quantitative estimate of drug-likeness (QED) is 0.727. The molecule has 1 amide bonds. The van der Waals surface area contributed by atoms with Crippen molar-refractivity contribution >= 4 is 37.5 Å². The molecule has 140 valence electrons. The van der Waals surface area contributed by atoms with Crippen LogP contribution < -0.4 is 5.73 Å². The first kappa shape index (κ1) is 18.1. The number of nitrogens with zero attached hydrogens (tertiary/aromatic N) is 2. The van der Waals surface area contributed by atoms with Gasteiger partial charge in [-0.2, -0.15) is 4.31 Å². The maximum absolute atomic E-state index is 13.0. The lowest BCUT2D eigenvalue weighted by Gasteiger charge is -2.31. The third kappa shape index (κ3) is 3.47. The molecule has 4 rings (SSSR count). The van der Waals surface area contributed by atoms with Crippen LogP contribution in [0.2, 0.25) is 0 Å². The first-order valence-electron chi connectivity index (χ1n) is 8.70. The number of carbonyl (C=O) groups is 1. The highest BCUT2D eigenvalue weighted by Gasteiger charge is 2.32. The summed E-state index contributed by atoms with van der Waals surface area (Å²) in [7, 11) is -3.62. The summed E-state index contributed by atoms with van der Waals surface area (Å²) in [4.78, 5) is 16.1. The van der Waals surface area contributed by atoms with Gasteiger partial charge in [0.2, 0.25) is 15.9 Å². The van der Waals surface area contributed by atoms with Gasteiger partial charge in [-0.25, -0.2) is 13.4 Å². The largest absolute Gasteiger partial charge is 0.366 e. The zero-order chi connectivity index (χ0) is 19.0. The number of primary amides is 1. The molecule has 1 saturated heterocycles. The number of sulfonamides is 1. The Labute approximate surface area is 161 Å². The number of carbonyl (C=O) groups excluding carboxylic acids is 1. The van der Waals surface area contributed by atoms with Crippen LogP contribution in [-0.4, -0.2) is 36.7 Å². The maximum Gasteiger partial charge on any atom is 0.248 e. The Hall–Kier alpha value is -2.29. The molecule has 0 bridgehead atoms. The van der Waals surface area contributed by atoms with Crippen LogP contribution in [0.25, 0.3) is 10.2 Å². The van der Waals surface area contributed by atoms with Crippen LogP contribution in [0.15, 0.2) is 53.4 Å². The van der Waals surface area contributed by atoms with Crippen molar-refractivity contribution in [1.29, 1.82) is 0 Å². The highest BCUT2D eigenvalue weighted by atomic mass is 32.2. The monoisotopic (exact) mass is 401 g/mol. The Balaban J connectivity index is 1.58. The van der Waals surface area contributed by atoms with Gasteiger partial charge >= 0.3 is 0 Å². The Kier molecular flexibility index (Phi) is 4.71. The molecule has 1 unspecified atom stereocenters. The van der Waals surface area contributed by atoms with Crippen molar-refractivity contribution in [1.82, 2.24) is 9.29 Å². The van der Waals surface area contributed by atoms with E-state index in [2.05, 4.69) is 0 Å². The van der Waals surface area contributed by atoms with E-state index in [4.69, 9.17) is 10.7 Å². The number of fused-ring (bicyclic) bond motifs is 1. The fourth-order valence-electron chi connectivity index (χ4n) is 3.37. The van der Waals surface area contributed by atoms with E-state index in [1.54, 1.807) is 11.3 Å². The molecular formula is C19H19N3O3S2. The predicted molar refractivity (Wildman–Crippen MR) is 105 cm³/mol. The summed E-state index contributed by atoms with van der Waals surface area (Å²) >= 11 is 1.63. The molecule has 6 nitrogen and oxygen atoms in total. The minimum atomic E-state index is -3.62. The van der Waals surface area contributed by atoms with Gasteiger partial charge in [0.1, 0.15) is 0 Å². The molecule has 2 N–H and O–H groups in total. The van der Waals surface area contributed by atoms with E-state index in [0.717, 1.165) is 28.1 Å². The van der Waals surface area contributed by atoms with Crippen molar-refractivity contribution in [3.8, 4) is 0 Å². The molecule has 3 aromatic rings. The third-order valence-corrected chi connectivity index (χ3v) is 7.90. The summed E-state index contributed by atoms with van der Waals surface area (Å²) < 4.78 is 28.7.